The van der Waals surface area contributed by atoms with Crippen LogP contribution in [0.2, 0.25) is 0 Å². The first-order chi connectivity index (χ1) is 7.77. The second-order valence-corrected chi connectivity index (χ2v) is 3.72. The number of hydrogen-bond donors (Lipinski definition) is 0. The fourth-order valence-electron chi connectivity index (χ4n) is 1.92. The van der Waals surface area contributed by atoms with Crippen LogP contribution in [0.4, 0.5) is 0 Å². The van der Waals surface area contributed by atoms with Crippen molar-refractivity contribution in [2.75, 3.05) is 6.54 Å². The number of carbonyl (C=O) groups is 1. The predicted molar refractivity (Wildman–Crippen MR) is 57.5 cm³/mol. The van der Waals surface area contributed by atoms with Crippen LogP contribution in [0.25, 0.3) is 10.4 Å². The summed E-state index contributed by atoms with van der Waals surface area (Å²) < 4.78 is 5.33. The van der Waals surface area contributed by atoms with Gasteiger partial charge in [-0.3, -0.25) is 4.79 Å². The van der Waals surface area contributed by atoms with Gasteiger partial charge in [0.15, 0.2) is 0 Å². The van der Waals surface area contributed by atoms with Gasteiger partial charge in [-0.25, -0.2) is 0 Å². The molecule has 0 spiro atoms. The number of hydrogen-bond acceptors (Lipinski definition) is 3. The molecule has 0 aliphatic carbocycles. The van der Waals surface area contributed by atoms with Gasteiger partial charge in [0.25, 0.3) is 0 Å². The number of nitrogens with zero attached hydrogens (tertiary/aromatic N) is 3. The van der Waals surface area contributed by atoms with Crippen LogP contribution < -0.4 is 0 Å². The van der Waals surface area contributed by atoms with E-state index < -0.39 is 5.60 Å². The molecule has 1 atom stereocenters. The van der Waals surface area contributed by atoms with Crippen molar-refractivity contribution in [3.63, 3.8) is 0 Å². The van der Waals surface area contributed by atoms with Crippen LogP contribution >= 0.6 is 0 Å². The normalized spacial score (nSPS) is 23.6. The van der Waals surface area contributed by atoms with E-state index in [1.165, 1.54) is 0 Å². The molecule has 0 N–H and O–H groups in total. The number of rotatable bonds is 3. The molecule has 1 aromatic rings. The molecule has 16 heavy (non-hydrogen) atoms. The Balaban J connectivity index is 2.35. The smallest absolute Gasteiger partial charge is 0.306 e. The van der Waals surface area contributed by atoms with Gasteiger partial charge in [-0.05, 0) is 11.1 Å². The maximum absolute atomic E-state index is 11.2. The van der Waals surface area contributed by atoms with E-state index in [0.717, 1.165) is 5.56 Å². The van der Waals surface area contributed by atoms with Crippen LogP contribution in [0.15, 0.2) is 35.4 Å². The molecule has 0 amide bonds. The lowest BCUT2D eigenvalue weighted by molar-refractivity contribution is -0.148. The predicted octanol–water partition coefficient (Wildman–Crippen LogP) is 2.53. The Kier molecular flexibility index (Phi) is 2.79. The molecule has 1 aliphatic rings. The summed E-state index contributed by atoms with van der Waals surface area (Å²) in [6.45, 7) is 0.152. The molecule has 1 heterocycles. The van der Waals surface area contributed by atoms with Gasteiger partial charge in [-0.2, -0.15) is 0 Å². The summed E-state index contributed by atoms with van der Waals surface area (Å²) in [5.74, 6) is -0.239. The summed E-state index contributed by atoms with van der Waals surface area (Å²) in [6, 6.07) is 9.40. The summed E-state index contributed by atoms with van der Waals surface area (Å²) in [5, 5.41) is 3.54. The summed E-state index contributed by atoms with van der Waals surface area (Å²) in [7, 11) is 0. The molecule has 1 saturated heterocycles. The summed E-state index contributed by atoms with van der Waals surface area (Å²) >= 11 is 0. The lowest BCUT2D eigenvalue weighted by atomic mass is 9.91. The molecule has 5 nitrogen and oxygen atoms in total. The standard InChI is InChI=1S/C11H11N3O2/c12-14-13-8-11(7-6-10(15)16-11)9-4-2-1-3-5-9/h1-5H,6-8H2. The van der Waals surface area contributed by atoms with E-state index in [1.807, 2.05) is 30.3 Å². The lowest BCUT2D eigenvalue weighted by Crippen LogP contribution is -2.28. The van der Waals surface area contributed by atoms with Gasteiger partial charge in [0, 0.05) is 17.8 Å². The van der Waals surface area contributed by atoms with Crippen LogP contribution in [0, 0.1) is 0 Å². The minimum Gasteiger partial charge on any atom is -0.454 e. The van der Waals surface area contributed by atoms with Crippen LogP contribution in [-0.4, -0.2) is 12.5 Å². The molecule has 1 fully saturated rings. The largest absolute Gasteiger partial charge is 0.454 e. The van der Waals surface area contributed by atoms with Crippen molar-refractivity contribution in [3.05, 3.63) is 46.3 Å². The first kappa shape index (κ1) is 10.5. The molecule has 1 aliphatic heterocycles. The van der Waals surface area contributed by atoms with Gasteiger partial charge in [0.05, 0.1) is 6.54 Å². The van der Waals surface area contributed by atoms with E-state index in [0.29, 0.717) is 12.8 Å². The third kappa shape index (κ3) is 1.85. The van der Waals surface area contributed by atoms with E-state index in [2.05, 4.69) is 10.0 Å². The van der Waals surface area contributed by atoms with Gasteiger partial charge < -0.3 is 4.74 Å². The van der Waals surface area contributed by atoms with Crippen molar-refractivity contribution in [1.29, 1.82) is 0 Å². The number of azide groups is 1. The Morgan fingerprint density at radius 3 is 2.75 bits per heavy atom. The zero-order chi connectivity index (χ0) is 11.4. The zero-order valence-corrected chi connectivity index (χ0v) is 8.67. The highest BCUT2D eigenvalue weighted by atomic mass is 16.6. The maximum atomic E-state index is 11.2. The Morgan fingerprint density at radius 1 is 1.44 bits per heavy atom. The molecule has 0 aromatic heterocycles. The molecule has 5 heteroatoms. The average Bonchev–Trinajstić information content (AvgIpc) is 2.71. The Labute approximate surface area is 92.7 Å². The van der Waals surface area contributed by atoms with Crippen molar-refractivity contribution in [3.8, 4) is 0 Å². The van der Waals surface area contributed by atoms with E-state index in [4.69, 9.17) is 10.3 Å². The first-order valence-corrected chi connectivity index (χ1v) is 5.05. The second-order valence-electron chi connectivity index (χ2n) is 3.72. The third-order valence-corrected chi connectivity index (χ3v) is 2.73. The number of cyclic esters (lactones) is 1. The van der Waals surface area contributed by atoms with E-state index in [-0.39, 0.29) is 12.5 Å². The van der Waals surface area contributed by atoms with E-state index in [1.54, 1.807) is 0 Å². The van der Waals surface area contributed by atoms with Crippen molar-refractivity contribution in [2.45, 2.75) is 18.4 Å². The molecular formula is C11H11N3O2. The average molecular weight is 217 g/mol. The van der Waals surface area contributed by atoms with Crippen molar-refractivity contribution in [2.24, 2.45) is 5.11 Å². The number of carbonyl (C=O) groups excluding carboxylic acids is 1. The van der Waals surface area contributed by atoms with Crippen LogP contribution in [0.5, 0.6) is 0 Å². The van der Waals surface area contributed by atoms with Crippen molar-refractivity contribution >= 4 is 5.97 Å². The fourth-order valence-corrected chi connectivity index (χ4v) is 1.92. The molecule has 0 radical (unpaired) electrons. The zero-order valence-electron chi connectivity index (χ0n) is 8.67. The van der Waals surface area contributed by atoms with Gasteiger partial charge in [0.2, 0.25) is 0 Å². The van der Waals surface area contributed by atoms with Crippen molar-refractivity contribution in [1.82, 2.24) is 0 Å². The van der Waals surface area contributed by atoms with E-state index >= 15 is 0 Å². The molecule has 0 saturated carbocycles. The first-order valence-electron chi connectivity index (χ1n) is 5.05. The van der Waals surface area contributed by atoms with Crippen LogP contribution in [-0.2, 0) is 15.1 Å². The quantitative estimate of drug-likeness (QED) is 0.337. The minimum absolute atomic E-state index is 0.152. The second kappa shape index (κ2) is 4.24. The number of esters is 1. The SMILES string of the molecule is [N-]=[N+]=NCC1(c2ccccc2)CCC(=O)O1. The molecule has 1 aromatic carbocycles. The molecule has 82 valence electrons. The lowest BCUT2D eigenvalue weighted by Gasteiger charge is -2.26. The highest BCUT2D eigenvalue weighted by molar-refractivity contribution is 5.72. The summed E-state index contributed by atoms with van der Waals surface area (Å²) in [6.07, 6.45) is 0.935. The highest BCUT2D eigenvalue weighted by Crippen LogP contribution is 2.37. The van der Waals surface area contributed by atoms with Gasteiger partial charge >= 0.3 is 5.97 Å². The van der Waals surface area contributed by atoms with E-state index in [9.17, 15) is 4.79 Å². The maximum Gasteiger partial charge on any atom is 0.306 e. The highest BCUT2D eigenvalue weighted by Gasteiger charge is 2.41. The minimum atomic E-state index is -0.759. The van der Waals surface area contributed by atoms with Gasteiger partial charge in [-0.15, -0.1) is 0 Å². The molecule has 1 unspecified atom stereocenters. The molecule has 0 bridgehead atoms. The number of ether oxygens (including phenoxy) is 1. The molecule has 2 rings (SSSR count). The third-order valence-electron chi connectivity index (χ3n) is 2.73. The summed E-state index contributed by atoms with van der Waals surface area (Å²) in [5.41, 5.74) is 8.49. The van der Waals surface area contributed by atoms with Gasteiger partial charge in [0.1, 0.15) is 5.60 Å². The van der Waals surface area contributed by atoms with Gasteiger partial charge in [-0.1, -0.05) is 35.4 Å². The Bertz CT molecular complexity index is 440. The fraction of sp³-hybridized carbons (Fsp3) is 0.364. The molecular weight excluding hydrogens is 206 g/mol. The summed E-state index contributed by atoms with van der Waals surface area (Å²) in [4.78, 5) is 14.0. The Morgan fingerprint density at radius 2 is 2.19 bits per heavy atom. The number of benzene rings is 1. The Hall–Kier alpha value is -2.00. The van der Waals surface area contributed by atoms with Crippen molar-refractivity contribution < 1.29 is 9.53 Å². The van der Waals surface area contributed by atoms with Crippen LogP contribution in [0.3, 0.4) is 0 Å². The topological polar surface area (TPSA) is 75.1 Å². The monoisotopic (exact) mass is 217 g/mol. The van der Waals surface area contributed by atoms with Crippen LogP contribution in [0.1, 0.15) is 18.4 Å².